The number of aromatic nitrogens is 3. The SMILES string of the molecule is Cc1cc(C)cc(NC(=O)NCCn2ccc(-c3ccncc3)n2)c1. The van der Waals surface area contributed by atoms with E-state index < -0.39 is 0 Å². The van der Waals surface area contributed by atoms with Crippen LogP contribution >= 0.6 is 0 Å². The number of rotatable bonds is 5. The molecule has 128 valence electrons. The maximum atomic E-state index is 12.0. The zero-order valence-electron chi connectivity index (χ0n) is 14.4. The molecule has 0 radical (unpaired) electrons. The fourth-order valence-corrected chi connectivity index (χ4v) is 2.67. The van der Waals surface area contributed by atoms with Crippen LogP contribution in [0.5, 0.6) is 0 Å². The van der Waals surface area contributed by atoms with Crippen molar-refractivity contribution < 1.29 is 4.79 Å². The number of nitrogens with one attached hydrogen (secondary N) is 2. The molecule has 6 nitrogen and oxygen atoms in total. The summed E-state index contributed by atoms with van der Waals surface area (Å²) in [6.07, 6.45) is 5.39. The highest BCUT2D eigenvalue weighted by Crippen LogP contribution is 2.15. The van der Waals surface area contributed by atoms with E-state index in [1.807, 2.05) is 55.1 Å². The molecule has 2 aromatic heterocycles. The number of carbonyl (C=O) groups is 1. The van der Waals surface area contributed by atoms with Crippen LogP contribution < -0.4 is 10.6 Å². The van der Waals surface area contributed by atoms with Crippen molar-refractivity contribution in [3.05, 3.63) is 66.1 Å². The Morgan fingerprint density at radius 1 is 1.08 bits per heavy atom. The number of benzene rings is 1. The molecular weight excluding hydrogens is 314 g/mol. The number of urea groups is 1. The fourth-order valence-electron chi connectivity index (χ4n) is 2.67. The van der Waals surface area contributed by atoms with Crippen LogP contribution in [-0.4, -0.2) is 27.3 Å². The normalized spacial score (nSPS) is 10.5. The second-order valence-corrected chi connectivity index (χ2v) is 5.96. The van der Waals surface area contributed by atoms with Gasteiger partial charge < -0.3 is 10.6 Å². The molecule has 3 rings (SSSR count). The summed E-state index contributed by atoms with van der Waals surface area (Å²) in [5.41, 5.74) is 4.95. The average Bonchev–Trinajstić information content (AvgIpc) is 3.03. The molecule has 0 fully saturated rings. The second kappa shape index (κ2) is 7.61. The van der Waals surface area contributed by atoms with Crippen molar-refractivity contribution in [1.29, 1.82) is 0 Å². The van der Waals surface area contributed by atoms with Gasteiger partial charge in [0.25, 0.3) is 0 Å². The molecule has 3 aromatic rings. The van der Waals surface area contributed by atoms with Gasteiger partial charge in [0, 0.05) is 36.4 Å². The van der Waals surface area contributed by atoms with E-state index in [0.717, 1.165) is 28.1 Å². The van der Waals surface area contributed by atoms with Gasteiger partial charge in [-0.1, -0.05) is 6.07 Å². The van der Waals surface area contributed by atoms with Crippen LogP contribution in [-0.2, 0) is 6.54 Å². The predicted molar refractivity (Wildman–Crippen MR) is 98.4 cm³/mol. The minimum atomic E-state index is -0.216. The van der Waals surface area contributed by atoms with Gasteiger partial charge in [0.1, 0.15) is 0 Å². The molecule has 25 heavy (non-hydrogen) atoms. The fraction of sp³-hybridized carbons (Fsp3) is 0.211. The molecule has 6 heteroatoms. The van der Waals surface area contributed by atoms with Crippen LogP contribution in [0.2, 0.25) is 0 Å². The summed E-state index contributed by atoms with van der Waals surface area (Å²) < 4.78 is 1.81. The van der Waals surface area contributed by atoms with E-state index in [1.54, 1.807) is 12.4 Å². The van der Waals surface area contributed by atoms with Crippen LogP contribution in [0.3, 0.4) is 0 Å². The third-order valence-corrected chi connectivity index (χ3v) is 3.72. The number of nitrogens with zero attached hydrogens (tertiary/aromatic N) is 3. The van der Waals surface area contributed by atoms with Gasteiger partial charge in [-0.3, -0.25) is 9.67 Å². The Morgan fingerprint density at radius 3 is 2.52 bits per heavy atom. The first-order valence-electron chi connectivity index (χ1n) is 8.17. The maximum Gasteiger partial charge on any atom is 0.319 e. The summed E-state index contributed by atoms with van der Waals surface area (Å²) in [5, 5.41) is 10.2. The Hall–Kier alpha value is -3.15. The first-order valence-corrected chi connectivity index (χ1v) is 8.17. The molecular formula is C19H21N5O. The van der Waals surface area contributed by atoms with Gasteiger partial charge in [0.15, 0.2) is 0 Å². The maximum absolute atomic E-state index is 12.0. The standard InChI is InChI=1S/C19H21N5O/c1-14-11-15(2)13-17(12-14)22-19(25)21-8-10-24-9-5-18(23-24)16-3-6-20-7-4-16/h3-7,9,11-13H,8,10H2,1-2H3,(H2,21,22,25). The smallest absolute Gasteiger partial charge is 0.319 e. The summed E-state index contributed by atoms with van der Waals surface area (Å²) >= 11 is 0. The minimum absolute atomic E-state index is 0.216. The first-order chi connectivity index (χ1) is 12.1. The van der Waals surface area contributed by atoms with Crippen LogP contribution in [0.25, 0.3) is 11.3 Å². The van der Waals surface area contributed by atoms with E-state index in [1.165, 1.54) is 0 Å². The number of amides is 2. The molecule has 0 bridgehead atoms. The summed E-state index contributed by atoms with van der Waals surface area (Å²) in [5.74, 6) is 0. The number of aryl methyl sites for hydroxylation is 2. The van der Waals surface area contributed by atoms with Crippen molar-refractivity contribution in [2.45, 2.75) is 20.4 Å². The Bertz CT molecular complexity index is 837. The van der Waals surface area contributed by atoms with Crippen molar-refractivity contribution in [1.82, 2.24) is 20.1 Å². The molecule has 0 unspecified atom stereocenters. The van der Waals surface area contributed by atoms with Crippen molar-refractivity contribution in [2.75, 3.05) is 11.9 Å². The Morgan fingerprint density at radius 2 is 1.80 bits per heavy atom. The summed E-state index contributed by atoms with van der Waals surface area (Å²) in [6, 6.07) is 11.5. The number of pyridine rings is 1. The lowest BCUT2D eigenvalue weighted by Crippen LogP contribution is -2.31. The molecule has 0 spiro atoms. The highest BCUT2D eigenvalue weighted by molar-refractivity contribution is 5.89. The first kappa shape index (κ1) is 16.7. The van der Waals surface area contributed by atoms with Gasteiger partial charge in [-0.15, -0.1) is 0 Å². The van der Waals surface area contributed by atoms with Crippen molar-refractivity contribution in [3.63, 3.8) is 0 Å². The molecule has 2 heterocycles. The van der Waals surface area contributed by atoms with E-state index in [2.05, 4.69) is 26.8 Å². The molecule has 0 aliphatic carbocycles. The van der Waals surface area contributed by atoms with E-state index >= 15 is 0 Å². The summed E-state index contributed by atoms with van der Waals surface area (Å²) in [4.78, 5) is 16.0. The number of anilines is 1. The molecule has 2 N–H and O–H groups in total. The van der Waals surface area contributed by atoms with Gasteiger partial charge in [-0.2, -0.15) is 5.10 Å². The average molecular weight is 335 g/mol. The Balaban J connectivity index is 1.49. The van der Waals surface area contributed by atoms with Gasteiger partial charge in [0.05, 0.1) is 12.2 Å². The lowest BCUT2D eigenvalue weighted by Gasteiger charge is -2.09. The zero-order valence-corrected chi connectivity index (χ0v) is 14.4. The van der Waals surface area contributed by atoms with E-state index in [4.69, 9.17) is 0 Å². The molecule has 1 aromatic carbocycles. The monoisotopic (exact) mass is 335 g/mol. The zero-order chi connectivity index (χ0) is 17.6. The molecule has 2 amide bonds. The molecule has 0 saturated carbocycles. The minimum Gasteiger partial charge on any atom is -0.336 e. The second-order valence-electron chi connectivity index (χ2n) is 5.96. The quantitative estimate of drug-likeness (QED) is 0.751. The molecule has 0 atom stereocenters. The van der Waals surface area contributed by atoms with Gasteiger partial charge >= 0.3 is 6.03 Å². The lowest BCUT2D eigenvalue weighted by molar-refractivity contribution is 0.251. The van der Waals surface area contributed by atoms with E-state index in [-0.39, 0.29) is 6.03 Å². The largest absolute Gasteiger partial charge is 0.336 e. The highest BCUT2D eigenvalue weighted by atomic mass is 16.2. The van der Waals surface area contributed by atoms with E-state index in [0.29, 0.717) is 13.1 Å². The van der Waals surface area contributed by atoms with Crippen LogP contribution in [0, 0.1) is 13.8 Å². The molecule has 0 aliphatic rings. The Labute approximate surface area is 146 Å². The number of carbonyl (C=O) groups excluding carboxylic acids is 1. The van der Waals surface area contributed by atoms with Gasteiger partial charge in [0.2, 0.25) is 0 Å². The van der Waals surface area contributed by atoms with Gasteiger partial charge in [-0.25, -0.2) is 4.79 Å². The Kier molecular flexibility index (Phi) is 5.09. The van der Waals surface area contributed by atoms with E-state index in [9.17, 15) is 4.79 Å². The van der Waals surface area contributed by atoms with Crippen LogP contribution in [0.1, 0.15) is 11.1 Å². The predicted octanol–water partition coefficient (Wildman–Crippen LogP) is 3.38. The number of hydrogen-bond acceptors (Lipinski definition) is 3. The van der Waals surface area contributed by atoms with Crippen LogP contribution in [0.15, 0.2) is 55.0 Å². The molecule has 0 aliphatic heterocycles. The van der Waals surface area contributed by atoms with Gasteiger partial charge in [-0.05, 0) is 55.3 Å². The summed E-state index contributed by atoms with van der Waals surface area (Å²) in [7, 11) is 0. The van der Waals surface area contributed by atoms with Crippen molar-refractivity contribution in [2.24, 2.45) is 0 Å². The third-order valence-electron chi connectivity index (χ3n) is 3.72. The lowest BCUT2D eigenvalue weighted by atomic mass is 10.1. The van der Waals surface area contributed by atoms with Crippen LogP contribution in [0.4, 0.5) is 10.5 Å². The van der Waals surface area contributed by atoms with Crippen molar-refractivity contribution >= 4 is 11.7 Å². The third kappa shape index (κ3) is 4.67. The van der Waals surface area contributed by atoms with Crippen molar-refractivity contribution in [3.8, 4) is 11.3 Å². The number of hydrogen-bond donors (Lipinski definition) is 2. The highest BCUT2D eigenvalue weighted by Gasteiger charge is 2.04. The summed E-state index contributed by atoms with van der Waals surface area (Å²) in [6.45, 7) is 5.11. The molecule has 0 saturated heterocycles. The topological polar surface area (TPSA) is 71.8 Å².